The molecule has 0 aliphatic heterocycles. The predicted octanol–water partition coefficient (Wildman–Crippen LogP) is 0.752. The van der Waals surface area contributed by atoms with Crippen LogP contribution in [0, 0.1) is 0 Å². The lowest BCUT2D eigenvalue weighted by Crippen LogP contribution is -2.12. The van der Waals surface area contributed by atoms with Crippen LogP contribution in [0.25, 0.3) is 5.65 Å². The SMILES string of the molecule is CNCc1c(C(=O)O)nc2ccccn12. The lowest BCUT2D eigenvalue weighted by Gasteiger charge is -2.00. The number of carbonyl (C=O) groups is 1. The van der Waals surface area contributed by atoms with E-state index in [4.69, 9.17) is 5.11 Å². The normalized spacial score (nSPS) is 10.7. The number of rotatable bonds is 3. The Morgan fingerprint density at radius 1 is 1.60 bits per heavy atom. The summed E-state index contributed by atoms with van der Waals surface area (Å²) in [5.74, 6) is -0.996. The third-order valence-corrected chi connectivity index (χ3v) is 2.18. The predicted molar refractivity (Wildman–Crippen MR) is 54.9 cm³/mol. The van der Waals surface area contributed by atoms with Crippen LogP contribution in [0.5, 0.6) is 0 Å². The van der Waals surface area contributed by atoms with Crippen molar-refractivity contribution in [3.8, 4) is 0 Å². The maximum Gasteiger partial charge on any atom is 0.356 e. The molecule has 0 unspecified atom stereocenters. The van der Waals surface area contributed by atoms with Gasteiger partial charge in [0.1, 0.15) is 5.65 Å². The van der Waals surface area contributed by atoms with Crippen LogP contribution in [0.15, 0.2) is 24.4 Å². The van der Waals surface area contributed by atoms with Gasteiger partial charge in [0.2, 0.25) is 0 Å². The van der Waals surface area contributed by atoms with Crippen LogP contribution in [0.3, 0.4) is 0 Å². The minimum absolute atomic E-state index is 0.107. The Morgan fingerprint density at radius 3 is 3.07 bits per heavy atom. The summed E-state index contributed by atoms with van der Waals surface area (Å²) in [4.78, 5) is 15.0. The van der Waals surface area contributed by atoms with Gasteiger partial charge in [-0.15, -0.1) is 0 Å². The number of nitrogens with one attached hydrogen (secondary N) is 1. The summed E-state index contributed by atoms with van der Waals surface area (Å²) in [7, 11) is 1.77. The molecule has 0 bridgehead atoms. The molecule has 2 N–H and O–H groups in total. The maximum atomic E-state index is 11.0. The van der Waals surface area contributed by atoms with Crippen molar-refractivity contribution in [2.24, 2.45) is 0 Å². The average molecular weight is 205 g/mol. The largest absolute Gasteiger partial charge is 0.476 e. The van der Waals surface area contributed by atoms with Crippen molar-refractivity contribution in [3.05, 3.63) is 35.8 Å². The molecule has 2 aromatic rings. The van der Waals surface area contributed by atoms with Gasteiger partial charge in [0.05, 0.1) is 5.69 Å². The van der Waals surface area contributed by atoms with Crippen molar-refractivity contribution in [2.75, 3.05) is 7.05 Å². The molecule has 0 atom stereocenters. The van der Waals surface area contributed by atoms with E-state index in [9.17, 15) is 4.79 Å². The highest BCUT2D eigenvalue weighted by Crippen LogP contribution is 2.12. The molecule has 5 heteroatoms. The molecular weight excluding hydrogens is 194 g/mol. The zero-order valence-electron chi connectivity index (χ0n) is 8.27. The summed E-state index contributed by atoms with van der Waals surface area (Å²) in [6.45, 7) is 0.479. The first kappa shape index (κ1) is 9.67. The summed E-state index contributed by atoms with van der Waals surface area (Å²) in [6.07, 6.45) is 1.81. The van der Waals surface area contributed by atoms with Crippen molar-refractivity contribution in [1.29, 1.82) is 0 Å². The van der Waals surface area contributed by atoms with Gasteiger partial charge in [0, 0.05) is 12.7 Å². The number of aromatic carboxylic acids is 1. The fraction of sp³-hybridized carbons (Fsp3) is 0.200. The fourth-order valence-electron chi connectivity index (χ4n) is 1.55. The Kier molecular flexibility index (Phi) is 2.39. The van der Waals surface area contributed by atoms with Crippen LogP contribution in [0.2, 0.25) is 0 Å². The third kappa shape index (κ3) is 1.57. The molecule has 78 valence electrons. The van der Waals surface area contributed by atoms with E-state index >= 15 is 0 Å². The molecule has 0 spiro atoms. The quantitative estimate of drug-likeness (QED) is 0.776. The first-order valence-electron chi connectivity index (χ1n) is 4.58. The average Bonchev–Trinajstić information content (AvgIpc) is 2.58. The van der Waals surface area contributed by atoms with Crippen LogP contribution in [0.4, 0.5) is 0 Å². The van der Waals surface area contributed by atoms with E-state index in [0.29, 0.717) is 17.9 Å². The second kappa shape index (κ2) is 3.70. The Balaban J connectivity index is 2.68. The van der Waals surface area contributed by atoms with E-state index in [1.54, 1.807) is 23.7 Å². The van der Waals surface area contributed by atoms with E-state index < -0.39 is 5.97 Å². The first-order valence-corrected chi connectivity index (χ1v) is 4.58. The molecule has 2 rings (SSSR count). The smallest absolute Gasteiger partial charge is 0.356 e. The molecule has 0 radical (unpaired) electrons. The molecule has 0 saturated carbocycles. The Labute approximate surface area is 86.4 Å². The molecule has 0 aliphatic rings. The van der Waals surface area contributed by atoms with Gasteiger partial charge >= 0.3 is 5.97 Å². The summed E-state index contributed by atoms with van der Waals surface area (Å²) < 4.78 is 1.78. The maximum absolute atomic E-state index is 11.0. The number of pyridine rings is 1. The van der Waals surface area contributed by atoms with Crippen molar-refractivity contribution in [1.82, 2.24) is 14.7 Å². The van der Waals surface area contributed by atoms with Gasteiger partial charge in [0.15, 0.2) is 5.69 Å². The summed E-state index contributed by atoms with van der Waals surface area (Å²) in [6, 6.07) is 5.46. The van der Waals surface area contributed by atoms with E-state index in [1.807, 2.05) is 12.1 Å². The molecule has 0 saturated heterocycles. The highest BCUT2D eigenvalue weighted by Gasteiger charge is 2.16. The molecule has 2 heterocycles. The third-order valence-electron chi connectivity index (χ3n) is 2.18. The number of nitrogens with zero attached hydrogens (tertiary/aromatic N) is 2. The Hall–Kier alpha value is -1.88. The zero-order chi connectivity index (χ0) is 10.8. The van der Waals surface area contributed by atoms with Gasteiger partial charge in [-0.1, -0.05) is 6.07 Å². The minimum Gasteiger partial charge on any atom is -0.476 e. The van der Waals surface area contributed by atoms with Gasteiger partial charge in [-0.2, -0.15) is 0 Å². The Morgan fingerprint density at radius 2 is 2.40 bits per heavy atom. The number of fused-ring (bicyclic) bond motifs is 1. The van der Waals surface area contributed by atoms with Crippen molar-refractivity contribution in [2.45, 2.75) is 6.54 Å². The summed E-state index contributed by atoms with van der Waals surface area (Å²) in [5.41, 5.74) is 1.43. The summed E-state index contributed by atoms with van der Waals surface area (Å²) >= 11 is 0. The zero-order valence-corrected chi connectivity index (χ0v) is 8.27. The lowest BCUT2D eigenvalue weighted by atomic mass is 10.3. The van der Waals surface area contributed by atoms with Crippen LogP contribution in [-0.4, -0.2) is 27.5 Å². The van der Waals surface area contributed by atoms with Crippen LogP contribution >= 0.6 is 0 Å². The van der Waals surface area contributed by atoms with Crippen LogP contribution in [0.1, 0.15) is 16.2 Å². The van der Waals surface area contributed by atoms with E-state index in [2.05, 4.69) is 10.3 Å². The Bertz CT molecular complexity index is 504. The highest BCUT2D eigenvalue weighted by molar-refractivity contribution is 5.87. The highest BCUT2D eigenvalue weighted by atomic mass is 16.4. The summed E-state index contributed by atoms with van der Waals surface area (Å²) in [5, 5.41) is 11.9. The fourth-order valence-corrected chi connectivity index (χ4v) is 1.55. The van der Waals surface area contributed by atoms with E-state index in [-0.39, 0.29) is 5.69 Å². The van der Waals surface area contributed by atoms with Gasteiger partial charge in [0.25, 0.3) is 0 Å². The standard InChI is InChI=1S/C10H11N3O2/c1-11-6-7-9(10(14)15)12-8-4-2-3-5-13(7)8/h2-5,11H,6H2,1H3,(H,14,15). The first-order chi connectivity index (χ1) is 7.24. The van der Waals surface area contributed by atoms with Crippen molar-refractivity contribution < 1.29 is 9.90 Å². The number of imidazole rings is 1. The number of carboxylic acids is 1. The molecular formula is C10H11N3O2. The van der Waals surface area contributed by atoms with E-state index in [1.165, 1.54) is 0 Å². The number of hydrogen-bond acceptors (Lipinski definition) is 3. The van der Waals surface area contributed by atoms with Crippen molar-refractivity contribution in [3.63, 3.8) is 0 Å². The molecule has 2 aromatic heterocycles. The van der Waals surface area contributed by atoms with Gasteiger partial charge in [-0.25, -0.2) is 9.78 Å². The second-order valence-electron chi connectivity index (χ2n) is 3.17. The monoisotopic (exact) mass is 205 g/mol. The molecule has 15 heavy (non-hydrogen) atoms. The number of aromatic nitrogens is 2. The lowest BCUT2D eigenvalue weighted by molar-refractivity contribution is 0.0690. The molecule has 0 aromatic carbocycles. The topological polar surface area (TPSA) is 66.6 Å². The molecule has 0 fully saturated rings. The van der Waals surface area contributed by atoms with Gasteiger partial charge < -0.3 is 14.8 Å². The van der Waals surface area contributed by atoms with Gasteiger partial charge in [-0.05, 0) is 19.2 Å². The van der Waals surface area contributed by atoms with Crippen LogP contribution in [-0.2, 0) is 6.54 Å². The minimum atomic E-state index is -0.996. The number of carboxylic acid groups (broad SMARTS) is 1. The van der Waals surface area contributed by atoms with Crippen molar-refractivity contribution >= 4 is 11.6 Å². The van der Waals surface area contributed by atoms with Gasteiger partial charge in [-0.3, -0.25) is 0 Å². The molecule has 0 aliphatic carbocycles. The van der Waals surface area contributed by atoms with Crippen LogP contribution < -0.4 is 5.32 Å². The molecule has 0 amide bonds. The van der Waals surface area contributed by atoms with E-state index in [0.717, 1.165) is 0 Å². The second-order valence-corrected chi connectivity index (χ2v) is 3.17. The number of hydrogen-bond donors (Lipinski definition) is 2. The molecule has 5 nitrogen and oxygen atoms in total.